The monoisotopic (exact) mass is 383 g/mol. The molecule has 0 fully saturated rings. The lowest BCUT2D eigenvalue weighted by molar-refractivity contribution is -0.136. The molecule has 0 saturated heterocycles. The summed E-state index contributed by atoms with van der Waals surface area (Å²) in [5, 5.41) is 7.38. The van der Waals surface area contributed by atoms with Crippen molar-refractivity contribution in [3.63, 3.8) is 0 Å². The van der Waals surface area contributed by atoms with Crippen molar-refractivity contribution in [1.82, 2.24) is 5.43 Å². The molecule has 2 rings (SSSR count). The van der Waals surface area contributed by atoms with Crippen LogP contribution in [-0.2, 0) is 9.59 Å². The number of halogens is 3. The van der Waals surface area contributed by atoms with Crippen molar-refractivity contribution >= 4 is 58.5 Å². The number of aryl methyl sites for hydroxylation is 1. The molecule has 0 aliphatic rings. The van der Waals surface area contributed by atoms with Gasteiger partial charge >= 0.3 is 11.8 Å². The molecule has 0 saturated carbocycles. The van der Waals surface area contributed by atoms with Gasteiger partial charge < -0.3 is 5.32 Å². The number of nitrogens with zero attached hydrogens (tertiary/aromatic N) is 1. The number of hydrazone groups is 1. The van der Waals surface area contributed by atoms with Crippen LogP contribution in [0, 0.1) is 6.92 Å². The summed E-state index contributed by atoms with van der Waals surface area (Å²) in [5.41, 5.74) is 3.85. The van der Waals surface area contributed by atoms with Crippen LogP contribution in [0.25, 0.3) is 0 Å². The van der Waals surface area contributed by atoms with E-state index in [0.29, 0.717) is 26.3 Å². The Morgan fingerprint density at radius 2 is 1.83 bits per heavy atom. The fraction of sp³-hybridized carbons (Fsp3) is 0.0625. The van der Waals surface area contributed by atoms with Crippen LogP contribution in [0.2, 0.25) is 15.1 Å². The van der Waals surface area contributed by atoms with Crippen molar-refractivity contribution in [2.75, 3.05) is 5.32 Å². The summed E-state index contributed by atoms with van der Waals surface area (Å²) >= 11 is 17.7. The molecule has 0 unspecified atom stereocenters. The van der Waals surface area contributed by atoms with Crippen LogP contribution in [-0.4, -0.2) is 18.0 Å². The zero-order valence-corrected chi connectivity index (χ0v) is 14.7. The van der Waals surface area contributed by atoms with E-state index in [2.05, 4.69) is 15.8 Å². The van der Waals surface area contributed by atoms with Gasteiger partial charge in [0.05, 0.1) is 16.3 Å². The van der Waals surface area contributed by atoms with Gasteiger partial charge in [-0.1, -0.05) is 46.9 Å². The van der Waals surface area contributed by atoms with Gasteiger partial charge in [-0.05, 0) is 36.8 Å². The Labute approximate surface area is 153 Å². The molecular weight excluding hydrogens is 373 g/mol. The standard InChI is InChI=1S/C16H12Cl3N3O2/c1-9-7-11(17)5-6-13(9)21-15(23)16(24)22-20-8-10-3-2-4-12(18)14(10)19/h2-8H,1H3,(H,21,23)(H,22,24)/b20-8-. The number of hydrogen-bond donors (Lipinski definition) is 2. The smallest absolute Gasteiger partial charge is 0.317 e. The number of benzene rings is 2. The van der Waals surface area contributed by atoms with Crippen LogP contribution >= 0.6 is 34.8 Å². The highest BCUT2D eigenvalue weighted by atomic mass is 35.5. The highest BCUT2D eigenvalue weighted by molar-refractivity contribution is 6.43. The van der Waals surface area contributed by atoms with Crippen molar-refractivity contribution in [3.8, 4) is 0 Å². The van der Waals surface area contributed by atoms with E-state index in [4.69, 9.17) is 34.8 Å². The van der Waals surface area contributed by atoms with E-state index >= 15 is 0 Å². The molecule has 2 amide bonds. The van der Waals surface area contributed by atoms with Crippen molar-refractivity contribution < 1.29 is 9.59 Å². The highest BCUT2D eigenvalue weighted by Gasteiger charge is 2.14. The number of hydrogen-bond acceptors (Lipinski definition) is 3. The van der Waals surface area contributed by atoms with Gasteiger partial charge in [0.1, 0.15) is 0 Å². The molecule has 0 radical (unpaired) electrons. The predicted molar refractivity (Wildman–Crippen MR) is 97.0 cm³/mol. The van der Waals surface area contributed by atoms with E-state index in [0.717, 1.165) is 5.56 Å². The maximum Gasteiger partial charge on any atom is 0.329 e. The molecule has 0 aliphatic carbocycles. The van der Waals surface area contributed by atoms with E-state index in [-0.39, 0.29) is 0 Å². The zero-order chi connectivity index (χ0) is 17.7. The van der Waals surface area contributed by atoms with Gasteiger partial charge in [0.2, 0.25) is 0 Å². The first-order valence-electron chi connectivity index (χ1n) is 6.73. The molecule has 0 spiro atoms. The summed E-state index contributed by atoms with van der Waals surface area (Å²) in [7, 11) is 0. The molecule has 2 N–H and O–H groups in total. The molecule has 24 heavy (non-hydrogen) atoms. The minimum Gasteiger partial charge on any atom is -0.317 e. The molecule has 2 aromatic carbocycles. The Morgan fingerprint density at radius 3 is 2.54 bits per heavy atom. The van der Waals surface area contributed by atoms with Crippen LogP contribution in [0.3, 0.4) is 0 Å². The first kappa shape index (κ1) is 18.3. The average molecular weight is 385 g/mol. The highest BCUT2D eigenvalue weighted by Crippen LogP contribution is 2.24. The van der Waals surface area contributed by atoms with Crippen LogP contribution in [0.1, 0.15) is 11.1 Å². The zero-order valence-electron chi connectivity index (χ0n) is 12.4. The maximum atomic E-state index is 11.8. The normalized spacial score (nSPS) is 10.7. The molecule has 2 aromatic rings. The van der Waals surface area contributed by atoms with Gasteiger partial charge in [0, 0.05) is 16.3 Å². The van der Waals surface area contributed by atoms with Gasteiger partial charge in [0.25, 0.3) is 0 Å². The van der Waals surface area contributed by atoms with Gasteiger partial charge in [-0.2, -0.15) is 5.10 Å². The summed E-state index contributed by atoms with van der Waals surface area (Å²) in [6, 6.07) is 9.88. The quantitative estimate of drug-likeness (QED) is 0.476. The number of rotatable bonds is 3. The first-order chi connectivity index (χ1) is 11.4. The minimum atomic E-state index is -0.918. The lowest BCUT2D eigenvalue weighted by Crippen LogP contribution is -2.32. The third-order valence-electron chi connectivity index (χ3n) is 2.99. The van der Waals surface area contributed by atoms with E-state index in [1.54, 1.807) is 43.3 Å². The van der Waals surface area contributed by atoms with Gasteiger partial charge in [-0.25, -0.2) is 5.43 Å². The van der Waals surface area contributed by atoms with Gasteiger partial charge in [-0.3, -0.25) is 9.59 Å². The topological polar surface area (TPSA) is 70.6 Å². The number of nitrogens with one attached hydrogen (secondary N) is 2. The molecule has 0 aromatic heterocycles. The van der Waals surface area contributed by atoms with Crippen molar-refractivity contribution in [1.29, 1.82) is 0 Å². The van der Waals surface area contributed by atoms with Crippen molar-refractivity contribution in [2.24, 2.45) is 5.10 Å². The number of carbonyl (C=O) groups is 2. The summed E-state index contributed by atoms with van der Waals surface area (Å²) in [6.07, 6.45) is 1.30. The third-order valence-corrected chi connectivity index (χ3v) is 4.06. The Morgan fingerprint density at radius 1 is 1.08 bits per heavy atom. The summed E-state index contributed by atoms with van der Waals surface area (Å²) < 4.78 is 0. The fourth-order valence-electron chi connectivity index (χ4n) is 1.78. The fourth-order valence-corrected chi connectivity index (χ4v) is 2.36. The van der Waals surface area contributed by atoms with Crippen LogP contribution < -0.4 is 10.7 Å². The number of amides is 2. The van der Waals surface area contributed by atoms with Crippen LogP contribution in [0.5, 0.6) is 0 Å². The van der Waals surface area contributed by atoms with Gasteiger partial charge in [-0.15, -0.1) is 0 Å². The molecule has 5 nitrogen and oxygen atoms in total. The van der Waals surface area contributed by atoms with Gasteiger partial charge in [0.15, 0.2) is 0 Å². The van der Waals surface area contributed by atoms with Crippen molar-refractivity contribution in [2.45, 2.75) is 6.92 Å². The van der Waals surface area contributed by atoms with Crippen LogP contribution in [0.15, 0.2) is 41.5 Å². The van der Waals surface area contributed by atoms with Crippen molar-refractivity contribution in [3.05, 3.63) is 62.6 Å². The largest absolute Gasteiger partial charge is 0.329 e. The number of carbonyl (C=O) groups excluding carboxylic acids is 2. The second kappa shape index (κ2) is 8.15. The van der Waals surface area contributed by atoms with E-state index in [9.17, 15) is 9.59 Å². The second-order valence-corrected chi connectivity index (χ2v) is 5.98. The molecule has 0 aliphatic heterocycles. The van der Waals surface area contributed by atoms with E-state index < -0.39 is 11.8 Å². The van der Waals surface area contributed by atoms with E-state index in [1.165, 1.54) is 6.21 Å². The number of anilines is 1. The summed E-state index contributed by atoms with van der Waals surface area (Å²) in [5.74, 6) is -1.77. The lowest BCUT2D eigenvalue weighted by atomic mass is 10.2. The molecule has 8 heteroatoms. The van der Waals surface area contributed by atoms with Crippen LogP contribution in [0.4, 0.5) is 5.69 Å². The molecule has 0 bridgehead atoms. The first-order valence-corrected chi connectivity index (χ1v) is 7.86. The molecule has 0 heterocycles. The Balaban J connectivity index is 1.98. The van der Waals surface area contributed by atoms with E-state index in [1.807, 2.05) is 0 Å². The summed E-state index contributed by atoms with van der Waals surface area (Å²) in [6.45, 7) is 1.76. The lowest BCUT2D eigenvalue weighted by Gasteiger charge is -2.07. The second-order valence-electron chi connectivity index (χ2n) is 4.76. The molecule has 0 atom stereocenters. The molecular formula is C16H12Cl3N3O2. The third kappa shape index (κ3) is 4.71. The Kier molecular flexibility index (Phi) is 6.20. The summed E-state index contributed by atoms with van der Waals surface area (Å²) in [4.78, 5) is 23.6. The molecule has 124 valence electrons. The maximum absolute atomic E-state index is 11.8. The average Bonchev–Trinajstić information content (AvgIpc) is 2.54. The Hall–Kier alpha value is -2.08. The SMILES string of the molecule is Cc1cc(Cl)ccc1NC(=O)C(=O)N/N=C\c1cccc(Cl)c1Cl. The Bertz CT molecular complexity index is 822. The predicted octanol–water partition coefficient (Wildman–Crippen LogP) is 4.04. The minimum absolute atomic E-state index is 0.304.